The highest BCUT2D eigenvalue weighted by Crippen LogP contribution is 2.40. The van der Waals surface area contributed by atoms with Gasteiger partial charge < -0.3 is 9.29 Å². The molecule has 0 fully saturated rings. The van der Waals surface area contributed by atoms with Crippen LogP contribution in [0.25, 0.3) is 10.2 Å². The summed E-state index contributed by atoms with van der Waals surface area (Å²) in [5, 5.41) is 9.61. The predicted octanol–water partition coefficient (Wildman–Crippen LogP) is 7.81. The normalized spacial score (nSPS) is 11.7. The van der Waals surface area contributed by atoms with Crippen molar-refractivity contribution < 1.29 is 18.9 Å². The summed E-state index contributed by atoms with van der Waals surface area (Å²) in [7, 11) is 0. The van der Waals surface area contributed by atoms with Crippen LogP contribution < -0.4 is 0 Å². The Bertz CT molecular complexity index is 853. The Morgan fingerprint density at radius 2 is 1.69 bits per heavy atom. The molecule has 1 aromatic heterocycles. The third kappa shape index (κ3) is 8.07. The van der Waals surface area contributed by atoms with Crippen molar-refractivity contribution in [3.8, 4) is 0 Å². The summed E-state index contributed by atoms with van der Waals surface area (Å²) < 4.78 is 7.39. The Morgan fingerprint density at radius 1 is 1.03 bits per heavy atom. The molecular weight excluding hydrogens is 442 g/mol. The van der Waals surface area contributed by atoms with Gasteiger partial charge in [-0.1, -0.05) is 78.2 Å². The molecule has 0 atom stereocenters. The summed E-state index contributed by atoms with van der Waals surface area (Å²) in [6, 6.07) is 6.18. The molecule has 0 aliphatic rings. The second kappa shape index (κ2) is 13.8. The SMILES string of the molecule is CCCCCCC(CCCCCC)(CC(=O)O)C(=O)OSc1nc2ccc(CC)cc2s1. The number of carboxylic acid groups (broad SMARTS) is 1. The zero-order chi connectivity index (χ0) is 23.4. The van der Waals surface area contributed by atoms with E-state index in [0.29, 0.717) is 17.2 Å². The third-order valence-electron chi connectivity index (χ3n) is 5.97. The molecular formula is C25H37NO4S2. The summed E-state index contributed by atoms with van der Waals surface area (Å²) in [5.41, 5.74) is 1.17. The first kappa shape index (κ1) is 26.7. The van der Waals surface area contributed by atoms with E-state index in [4.69, 9.17) is 4.18 Å². The molecule has 1 heterocycles. The maximum absolute atomic E-state index is 13.3. The fraction of sp³-hybridized carbons (Fsp3) is 0.640. The van der Waals surface area contributed by atoms with E-state index >= 15 is 0 Å². The number of carbonyl (C=O) groups excluding carboxylic acids is 1. The minimum absolute atomic E-state index is 0.176. The lowest BCUT2D eigenvalue weighted by Crippen LogP contribution is -2.34. The van der Waals surface area contributed by atoms with Gasteiger partial charge in [0, 0.05) is 0 Å². The van der Waals surface area contributed by atoms with Crippen LogP contribution in [-0.4, -0.2) is 22.0 Å². The van der Waals surface area contributed by atoms with Gasteiger partial charge in [-0.05, 0) is 37.0 Å². The van der Waals surface area contributed by atoms with Crippen LogP contribution in [0.5, 0.6) is 0 Å². The fourth-order valence-corrected chi connectivity index (χ4v) is 5.74. The smallest absolute Gasteiger partial charge is 0.325 e. The van der Waals surface area contributed by atoms with Gasteiger partial charge in [0.1, 0.15) is 12.0 Å². The second-order valence-electron chi connectivity index (χ2n) is 8.56. The monoisotopic (exact) mass is 479 g/mol. The number of carboxylic acids is 1. The molecule has 0 aliphatic carbocycles. The predicted molar refractivity (Wildman–Crippen MR) is 133 cm³/mol. The molecule has 5 nitrogen and oxygen atoms in total. The van der Waals surface area contributed by atoms with E-state index < -0.39 is 17.4 Å². The summed E-state index contributed by atoms with van der Waals surface area (Å²) in [4.78, 5) is 29.6. The van der Waals surface area contributed by atoms with Crippen LogP contribution in [0.15, 0.2) is 22.5 Å². The lowest BCUT2D eigenvalue weighted by Gasteiger charge is -2.29. The van der Waals surface area contributed by atoms with Crippen molar-refractivity contribution in [2.24, 2.45) is 5.41 Å². The minimum atomic E-state index is -0.966. The number of hydrogen-bond donors (Lipinski definition) is 1. The molecule has 2 rings (SSSR count). The van der Waals surface area contributed by atoms with Gasteiger partial charge in [0.15, 0.2) is 4.34 Å². The number of aryl methyl sites for hydroxylation is 1. The third-order valence-corrected chi connectivity index (χ3v) is 7.71. The average Bonchev–Trinajstić information content (AvgIpc) is 3.19. The molecule has 178 valence electrons. The largest absolute Gasteiger partial charge is 0.481 e. The number of rotatable bonds is 16. The van der Waals surface area contributed by atoms with Gasteiger partial charge in [0.2, 0.25) is 0 Å². The molecule has 0 saturated heterocycles. The summed E-state index contributed by atoms with van der Waals surface area (Å²) >= 11 is 2.47. The van der Waals surface area contributed by atoms with Crippen molar-refractivity contribution in [2.45, 2.75) is 102 Å². The molecule has 0 spiro atoms. The van der Waals surface area contributed by atoms with Crippen LogP contribution in [-0.2, 0) is 20.2 Å². The average molecular weight is 480 g/mol. The lowest BCUT2D eigenvalue weighted by molar-refractivity contribution is -0.153. The summed E-state index contributed by atoms with van der Waals surface area (Å²) in [5.74, 6) is -1.35. The second-order valence-corrected chi connectivity index (χ2v) is 10.6. The van der Waals surface area contributed by atoms with Gasteiger partial charge >= 0.3 is 11.9 Å². The van der Waals surface area contributed by atoms with Crippen molar-refractivity contribution in [1.82, 2.24) is 4.98 Å². The Kier molecular flexibility index (Phi) is 11.5. The van der Waals surface area contributed by atoms with E-state index in [1.807, 2.05) is 6.07 Å². The molecule has 0 radical (unpaired) electrons. The van der Waals surface area contributed by atoms with Gasteiger partial charge in [-0.3, -0.25) is 9.59 Å². The maximum atomic E-state index is 13.3. The molecule has 32 heavy (non-hydrogen) atoms. The van der Waals surface area contributed by atoms with E-state index in [-0.39, 0.29) is 6.42 Å². The Morgan fingerprint density at radius 3 is 2.25 bits per heavy atom. The molecule has 0 unspecified atom stereocenters. The molecule has 7 heteroatoms. The number of aliphatic carboxylic acids is 1. The van der Waals surface area contributed by atoms with Crippen LogP contribution in [0.1, 0.15) is 97.0 Å². The number of aromatic nitrogens is 1. The molecule has 1 N–H and O–H groups in total. The molecule has 0 aliphatic heterocycles. The number of nitrogens with zero attached hydrogens (tertiary/aromatic N) is 1. The van der Waals surface area contributed by atoms with Gasteiger partial charge in [0.25, 0.3) is 0 Å². The standard InChI is InChI=1S/C25H37NO4S2/c1-4-7-9-11-15-25(18-22(27)28,16-12-10-8-5-2)23(29)30-32-24-26-20-14-13-19(6-3)17-21(20)31-24/h13-14,17H,4-12,15-16,18H2,1-3H3,(H,27,28). The van der Waals surface area contributed by atoms with Crippen LogP contribution in [0.2, 0.25) is 0 Å². The topological polar surface area (TPSA) is 76.5 Å². The summed E-state index contributed by atoms with van der Waals surface area (Å²) in [6.07, 6.45) is 9.97. The van der Waals surface area contributed by atoms with Crippen molar-refractivity contribution in [3.05, 3.63) is 23.8 Å². The van der Waals surface area contributed by atoms with Gasteiger partial charge in [-0.15, -0.1) is 11.3 Å². The number of fused-ring (bicyclic) bond motifs is 1. The number of hydrogen-bond acceptors (Lipinski definition) is 6. The molecule has 0 saturated carbocycles. The fourth-order valence-electron chi connectivity index (χ4n) is 4.01. The van der Waals surface area contributed by atoms with Crippen LogP contribution in [0, 0.1) is 5.41 Å². The minimum Gasteiger partial charge on any atom is -0.481 e. The van der Waals surface area contributed by atoms with Crippen molar-refractivity contribution in [3.63, 3.8) is 0 Å². The van der Waals surface area contributed by atoms with Crippen LogP contribution in [0.4, 0.5) is 0 Å². The highest BCUT2D eigenvalue weighted by Gasteiger charge is 2.41. The molecule has 2 aromatic rings. The Labute approximate surface area is 200 Å². The van der Waals surface area contributed by atoms with Crippen molar-refractivity contribution in [1.29, 1.82) is 0 Å². The highest BCUT2D eigenvalue weighted by molar-refractivity contribution is 7.97. The molecule has 1 aromatic carbocycles. The number of carbonyl (C=O) groups is 2. The number of thiazole rings is 1. The van der Waals surface area contributed by atoms with E-state index in [1.54, 1.807) is 0 Å². The first-order chi connectivity index (χ1) is 15.4. The molecule has 0 amide bonds. The Balaban J connectivity index is 2.13. The van der Waals surface area contributed by atoms with Crippen molar-refractivity contribution in [2.75, 3.05) is 0 Å². The highest BCUT2D eigenvalue weighted by atomic mass is 32.2. The van der Waals surface area contributed by atoms with E-state index in [9.17, 15) is 14.7 Å². The van der Waals surface area contributed by atoms with Gasteiger partial charge in [-0.25, -0.2) is 4.98 Å². The zero-order valence-corrected chi connectivity index (χ0v) is 21.3. The molecule has 0 bridgehead atoms. The van der Waals surface area contributed by atoms with Crippen molar-refractivity contribution >= 4 is 45.5 Å². The van der Waals surface area contributed by atoms with Gasteiger partial charge in [-0.2, -0.15) is 0 Å². The summed E-state index contributed by atoms with van der Waals surface area (Å²) in [6.45, 7) is 6.39. The lowest BCUT2D eigenvalue weighted by atomic mass is 9.75. The Hall–Kier alpha value is -1.60. The van der Waals surface area contributed by atoms with E-state index in [0.717, 1.165) is 80.0 Å². The maximum Gasteiger partial charge on any atom is 0.325 e. The first-order valence-corrected chi connectivity index (χ1v) is 13.5. The zero-order valence-electron chi connectivity index (χ0n) is 19.7. The number of unbranched alkanes of at least 4 members (excludes halogenated alkanes) is 6. The van der Waals surface area contributed by atoms with Gasteiger partial charge in [0.05, 0.1) is 22.1 Å². The number of benzene rings is 1. The van der Waals surface area contributed by atoms with E-state index in [2.05, 4.69) is 37.9 Å². The van der Waals surface area contributed by atoms with Crippen LogP contribution >= 0.6 is 23.4 Å². The van der Waals surface area contributed by atoms with Crippen LogP contribution in [0.3, 0.4) is 0 Å². The quantitative estimate of drug-likeness (QED) is 0.195. The first-order valence-electron chi connectivity index (χ1n) is 11.9. The van der Waals surface area contributed by atoms with E-state index in [1.165, 1.54) is 16.9 Å².